The molecule has 166 valence electrons. The van der Waals surface area contributed by atoms with Crippen LogP contribution in [0.1, 0.15) is 30.4 Å². The number of hydrogen-bond donors (Lipinski definition) is 3. The summed E-state index contributed by atoms with van der Waals surface area (Å²) in [5.74, 6) is -0.325. The molecule has 3 aromatic rings. The van der Waals surface area contributed by atoms with Gasteiger partial charge in [0, 0.05) is 30.9 Å². The van der Waals surface area contributed by atoms with Crippen LogP contribution in [0.3, 0.4) is 0 Å². The van der Waals surface area contributed by atoms with Crippen LogP contribution in [0, 0.1) is 0 Å². The Morgan fingerprint density at radius 2 is 2.00 bits per heavy atom. The molecule has 2 unspecified atom stereocenters. The van der Waals surface area contributed by atoms with Crippen molar-refractivity contribution in [2.24, 2.45) is 5.73 Å². The highest BCUT2D eigenvalue weighted by Gasteiger charge is 2.40. The van der Waals surface area contributed by atoms with E-state index in [0.717, 1.165) is 16.6 Å². The standard InChI is InChI=1S/C22H25N5O2.2ClH/c1-14(22(29)26-12-15-9-17-7-8-24-21(17)25-11-15)27-13-18(10-19(27)20(23)28)16-5-3-2-4-6-16;;/h2-9,11,14,18-19H,10,12-13H2,1H3,(H2,23,28)(H,24,25)(H,26,29);2*1H/t14-,18?,19?;;/m0../s1. The molecule has 1 aliphatic heterocycles. The van der Waals surface area contributed by atoms with Crippen molar-refractivity contribution in [2.75, 3.05) is 6.54 Å². The van der Waals surface area contributed by atoms with Crippen molar-refractivity contribution < 1.29 is 9.59 Å². The van der Waals surface area contributed by atoms with Crippen molar-refractivity contribution in [3.63, 3.8) is 0 Å². The first-order valence-corrected chi connectivity index (χ1v) is 9.82. The Hall–Kier alpha value is -2.61. The predicted octanol–water partition coefficient (Wildman–Crippen LogP) is 2.75. The van der Waals surface area contributed by atoms with E-state index in [1.165, 1.54) is 5.56 Å². The van der Waals surface area contributed by atoms with Gasteiger partial charge in [-0.25, -0.2) is 4.98 Å². The maximum atomic E-state index is 12.8. The minimum atomic E-state index is -0.454. The third-order valence-corrected chi connectivity index (χ3v) is 5.74. The van der Waals surface area contributed by atoms with Crippen molar-refractivity contribution in [1.82, 2.24) is 20.2 Å². The van der Waals surface area contributed by atoms with Gasteiger partial charge in [-0.1, -0.05) is 30.3 Å². The van der Waals surface area contributed by atoms with Crippen molar-refractivity contribution in [2.45, 2.75) is 37.9 Å². The lowest BCUT2D eigenvalue weighted by Gasteiger charge is -2.28. The molecule has 4 rings (SSSR count). The molecule has 0 aliphatic carbocycles. The van der Waals surface area contributed by atoms with Crippen LogP contribution in [-0.2, 0) is 16.1 Å². The van der Waals surface area contributed by atoms with E-state index in [-0.39, 0.29) is 42.5 Å². The molecule has 1 saturated heterocycles. The monoisotopic (exact) mass is 463 g/mol. The molecular weight excluding hydrogens is 437 g/mol. The minimum Gasteiger partial charge on any atom is -0.368 e. The Balaban J connectivity index is 0.00000171. The maximum Gasteiger partial charge on any atom is 0.237 e. The van der Waals surface area contributed by atoms with E-state index in [0.29, 0.717) is 19.5 Å². The zero-order chi connectivity index (χ0) is 20.4. The molecule has 2 aromatic heterocycles. The summed E-state index contributed by atoms with van der Waals surface area (Å²) in [6, 6.07) is 13.1. The third-order valence-electron chi connectivity index (χ3n) is 5.74. The Bertz CT molecular complexity index is 1030. The first-order valence-electron chi connectivity index (χ1n) is 9.82. The van der Waals surface area contributed by atoms with E-state index in [1.54, 1.807) is 6.20 Å². The number of H-pyrrole nitrogens is 1. The minimum absolute atomic E-state index is 0. The van der Waals surface area contributed by atoms with Gasteiger partial charge in [0.1, 0.15) is 5.65 Å². The molecule has 1 fully saturated rings. The molecule has 1 aromatic carbocycles. The number of aromatic nitrogens is 2. The van der Waals surface area contributed by atoms with E-state index in [4.69, 9.17) is 5.73 Å². The summed E-state index contributed by atoms with van der Waals surface area (Å²) >= 11 is 0. The van der Waals surface area contributed by atoms with Gasteiger partial charge >= 0.3 is 0 Å². The van der Waals surface area contributed by atoms with Crippen LogP contribution in [0.2, 0.25) is 0 Å². The summed E-state index contributed by atoms with van der Waals surface area (Å²) in [5, 5.41) is 3.97. The molecule has 0 radical (unpaired) electrons. The fraction of sp³-hybridized carbons (Fsp3) is 0.318. The number of carbonyl (C=O) groups excluding carboxylic acids is 2. The van der Waals surface area contributed by atoms with Crippen LogP contribution in [0.5, 0.6) is 0 Å². The topological polar surface area (TPSA) is 104 Å². The molecule has 7 nitrogen and oxygen atoms in total. The van der Waals surface area contributed by atoms with Gasteiger partial charge < -0.3 is 16.0 Å². The molecular formula is C22H27Cl2N5O2. The third kappa shape index (κ3) is 5.36. The van der Waals surface area contributed by atoms with Gasteiger partial charge in [0.15, 0.2) is 0 Å². The number of halogens is 2. The van der Waals surface area contributed by atoms with Crippen LogP contribution in [-0.4, -0.2) is 45.3 Å². The molecule has 31 heavy (non-hydrogen) atoms. The quantitative estimate of drug-likeness (QED) is 0.522. The number of fused-ring (bicyclic) bond motifs is 1. The number of primary amides is 1. The van der Waals surface area contributed by atoms with Gasteiger partial charge in [-0.15, -0.1) is 24.8 Å². The SMILES string of the molecule is C[C@@H](C(=O)NCc1cnc2[nH]ccc2c1)N1CC(c2ccccc2)CC1C(N)=O.Cl.Cl. The summed E-state index contributed by atoms with van der Waals surface area (Å²) in [4.78, 5) is 34.1. The Morgan fingerprint density at radius 1 is 1.26 bits per heavy atom. The first-order chi connectivity index (χ1) is 14.0. The Morgan fingerprint density at radius 3 is 2.71 bits per heavy atom. The second-order valence-electron chi connectivity index (χ2n) is 7.61. The van der Waals surface area contributed by atoms with E-state index in [9.17, 15) is 9.59 Å². The first kappa shape index (κ1) is 24.7. The molecule has 3 atom stereocenters. The lowest BCUT2D eigenvalue weighted by Crippen LogP contribution is -2.51. The molecule has 4 N–H and O–H groups in total. The Labute approximate surface area is 193 Å². The highest BCUT2D eigenvalue weighted by Crippen LogP contribution is 2.33. The molecule has 9 heteroatoms. The number of carbonyl (C=O) groups is 2. The number of nitrogens with two attached hydrogens (primary N) is 1. The number of nitrogens with zero attached hydrogens (tertiary/aromatic N) is 2. The number of pyridine rings is 1. The van der Waals surface area contributed by atoms with E-state index >= 15 is 0 Å². The summed E-state index contributed by atoms with van der Waals surface area (Å²) in [6.07, 6.45) is 4.21. The average molecular weight is 464 g/mol. The summed E-state index contributed by atoms with van der Waals surface area (Å²) < 4.78 is 0. The van der Waals surface area contributed by atoms with Crippen molar-refractivity contribution in [3.05, 3.63) is 66.0 Å². The number of nitrogens with one attached hydrogen (secondary N) is 2. The fourth-order valence-electron chi connectivity index (χ4n) is 4.11. The largest absolute Gasteiger partial charge is 0.368 e. The lowest BCUT2D eigenvalue weighted by molar-refractivity contribution is -0.129. The normalized spacial score (nSPS) is 19.3. The van der Waals surface area contributed by atoms with Crippen molar-refractivity contribution >= 4 is 47.7 Å². The maximum absolute atomic E-state index is 12.8. The Kier molecular flexibility index (Phi) is 8.44. The lowest BCUT2D eigenvalue weighted by atomic mass is 9.96. The van der Waals surface area contributed by atoms with Gasteiger partial charge in [0.2, 0.25) is 11.8 Å². The summed E-state index contributed by atoms with van der Waals surface area (Å²) in [5.41, 5.74) is 8.56. The average Bonchev–Trinajstić information content (AvgIpc) is 3.39. The van der Waals surface area contributed by atoms with Gasteiger partial charge in [0.25, 0.3) is 0 Å². The van der Waals surface area contributed by atoms with Crippen molar-refractivity contribution in [1.29, 1.82) is 0 Å². The number of likely N-dealkylation sites (tertiary alicyclic amines) is 1. The number of rotatable bonds is 6. The van der Waals surface area contributed by atoms with Crippen LogP contribution in [0.25, 0.3) is 11.0 Å². The molecule has 2 amide bonds. The molecule has 0 spiro atoms. The number of amides is 2. The zero-order valence-corrected chi connectivity index (χ0v) is 18.8. The zero-order valence-electron chi connectivity index (χ0n) is 17.2. The smallest absolute Gasteiger partial charge is 0.237 e. The van der Waals surface area contributed by atoms with E-state index in [2.05, 4.69) is 27.4 Å². The number of aromatic amines is 1. The van der Waals surface area contributed by atoms with Crippen LogP contribution in [0.4, 0.5) is 0 Å². The molecule has 3 heterocycles. The molecule has 0 bridgehead atoms. The fourth-order valence-corrected chi connectivity index (χ4v) is 4.11. The van der Waals surface area contributed by atoms with Gasteiger partial charge in [-0.2, -0.15) is 0 Å². The highest BCUT2D eigenvalue weighted by atomic mass is 35.5. The second-order valence-corrected chi connectivity index (χ2v) is 7.61. The summed E-state index contributed by atoms with van der Waals surface area (Å²) in [6.45, 7) is 2.84. The van der Waals surface area contributed by atoms with Gasteiger partial charge in [-0.05, 0) is 42.5 Å². The van der Waals surface area contributed by atoms with E-state index < -0.39 is 12.1 Å². The van der Waals surface area contributed by atoms with Gasteiger partial charge in [-0.3, -0.25) is 14.5 Å². The van der Waals surface area contributed by atoms with Crippen LogP contribution >= 0.6 is 24.8 Å². The van der Waals surface area contributed by atoms with Crippen molar-refractivity contribution in [3.8, 4) is 0 Å². The molecule has 1 aliphatic rings. The highest BCUT2D eigenvalue weighted by molar-refractivity contribution is 5.86. The van der Waals surface area contributed by atoms with Crippen LogP contribution in [0.15, 0.2) is 54.9 Å². The number of hydrogen-bond acceptors (Lipinski definition) is 4. The predicted molar refractivity (Wildman–Crippen MR) is 125 cm³/mol. The summed E-state index contributed by atoms with van der Waals surface area (Å²) in [7, 11) is 0. The van der Waals surface area contributed by atoms with E-state index in [1.807, 2.05) is 48.4 Å². The van der Waals surface area contributed by atoms with Crippen LogP contribution < -0.4 is 11.1 Å². The molecule has 0 saturated carbocycles. The van der Waals surface area contributed by atoms with Gasteiger partial charge in [0.05, 0.1) is 12.1 Å². The second kappa shape index (κ2) is 10.6. The number of benzene rings is 1.